The van der Waals surface area contributed by atoms with Gasteiger partial charge in [-0.15, -0.1) is 0 Å². The second-order valence-electron chi connectivity index (χ2n) is 3.74. The molecule has 94 valence electrons. The summed E-state index contributed by atoms with van der Waals surface area (Å²) in [5.74, 6) is -1.40. The van der Waals surface area contributed by atoms with Crippen LogP contribution in [0.15, 0.2) is 24.5 Å². The van der Waals surface area contributed by atoms with E-state index in [0.717, 1.165) is 12.3 Å². The van der Waals surface area contributed by atoms with Gasteiger partial charge >= 0.3 is 5.97 Å². The van der Waals surface area contributed by atoms with Crippen molar-refractivity contribution in [1.29, 1.82) is 0 Å². The number of hydrogen-bond donors (Lipinski definition) is 1. The van der Waals surface area contributed by atoms with E-state index in [9.17, 15) is 14.3 Å². The number of pyridine rings is 1. The number of methoxy groups -OCH3 is 1. The van der Waals surface area contributed by atoms with E-state index in [0.29, 0.717) is 11.3 Å². The Morgan fingerprint density at radius 3 is 2.83 bits per heavy atom. The standard InChI is InChI=1S/C12H11FN2O3/c1-15-6-7(12(17)18-2)3-9(15)11-10(16)4-8(13)5-14-11/h3-6,16H,1-2H3. The molecule has 0 amide bonds. The molecule has 5 nitrogen and oxygen atoms in total. The normalized spacial score (nSPS) is 10.4. The number of carbonyl (C=O) groups is 1. The molecule has 0 saturated carbocycles. The van der Waals surface area contributed by atoms with Gasteiger partial charge in [-0.25, -0.2) is 14.2 Å². The van der Waals surface area contributed by atoms with Crippen molar-refractivity contribution in [2.45, 2.75) is 0 Å². The summed E-state index contributed by atoms with van der Waals surface area (Å²) in [5.41, 5.74) is 1.03. The highest BCUT2D eigenvalue weighted by Crippen LogP contribution is 2.28. The Balaban J connectivity index is 2.51. The molecule has 0 spiro atoms. The lowest BCUT2D eigenvalue weighted by Crippen LogP contribution is -1.98. The van der Waals surface area contributed by atoms with E-state index in [1.165, 1.54) is 13.2 Å². The van der Waals surface area contributed by atoms with Crippen LogP contribution in [-0.2, 0) is 11.8 Å². The molecule has 0 aliphatic carbocycles. The minimum Gasteiger partial charge on any atom is -0.505 e. The van der Waals surface area contributed by atoms with Crippen molar-refractivity contribution >= 4 is 5.97 Å². The van der Waals surface area contributed by atoms with Gasteiger partial charge in [-0.05, 0) is 6.07 Å². The van der Waals surface area contributed by atoms with Gasteiger partial charge in [-0.3, -0.25) is 0 Å². The number of nitrogens with zero attached hydrogens (tertiary/aromatic N) is 2. The molecule has 2 heterocycles. The zero-order chi connectivity index (χ0) is 13.3. The first-order chi connectivity index (χ1) is 8.52. The minimum absolute atomic E-state index is 0.203. The summed E-state index contributed by atoms with van der Waals surface area (Å²) in [6, 6.07) is 2.49. The lowest BCUT2D eigenvalue weighted by Gasteiger charge is -2.04. The first-order valence-electron chi connectivity index (χ1n) is 5.12. The van der Waals surface area contributed by atoms with Crippen molar-refractivity contribution in [3.8, 4) is 17.1 Å². The highest BCUT2D eigenvalue weighted by atomic mass is 19.1. The summed E-state index contributed by atoms with van der Waals surface area (Å²) < 4.78 is 19.0. The Hall–Kier alpha value is -2.37. The maximum Gasteiger partial charge on any atom is 0.339 e. The zero-order valence-corrected chi connectivity index (χ0v) is 9.85. The molecule has 0 aliphatic heterocycles. The molecule has 0 aliphatic rings. The average Bonchev–Trinajstić information content (AvgIpc) is 2.70. The van der Waals surface area contributed by atoms with E-state index in [1.54, 1.807) is 17.8 Å². The van der Waals surface area contributed by atoms with Crippen LogP contribution in [0.2, 0.25) is 0 Å². The minimum atomic E-state index is -0.626. The van der Waals surface area contributed by atoms with Gasteiger partial charge in [0.15, 0.2) is 0 Å². The molecule has 0 bridgehead atoms. The predicted octanol–water partition coefficient (Wildman–Crippen LogP) is 1.72. The number of carbonyl (C=O) groups excluding carboxylic acids is 1. The van der Waals surface area contributed by atoms with Crippen LogP contribution in [0.25, 0.3) is 11.4 Å². The number of esters is 1. The summed E-state index contributed by atoms with van der Waals surface area (Å²) in [5, 5.41) is 9.64. The number of halogens is 1. The molecule has 1 N–H and O–H groups in total. The smallest absolute Gasteiger partial charge is 0.339 e. The third kappa shape index (κ3) is 2.04. The van der Waals surface area contributed by atoms with Crippen molar-refractivity contribution < 1.29 is 19.0 Å². The predicted molar refractivity (Wildman–Crippen MR) is 61.6 cm³/mol. The number of aryl methyl sites for hydroxylation is 1. The van der Waals surface area contributed by atoms with E-state index in [1.807, 2.05) is 0 Å². The van der Waals surface area contributed by atoms with Crippen molar-refractivity contribution in [2.24, 2.45) is 7.05 Å². The molecule has 2 aromatic rings. The Morgan fingerprint density at radius 1 is 1.50 bits per heavy atom. The molecule has 0 saturated heterocycles. The van der Waals surface area contributed by atoms with Gasteiger partial charge in [-0.2, -0.15) is 0 Å². The molecule has 0 fully saturated rings. The van der Waals surface area contributed by atoms with Crippen LogP contribution in [-0.4, -0.2) is 27.7 Å². The Labute approximate surface area is 102 Å². The van der Waals surface area contributed by atoms with Crippen LogP contribution in [0.5, 0.6) is 5.75 Å². The fourth-order valence-corrected chi connectivity index (χ4v) is 1.66. The van der Waals surface area contributed by atoms with Crippen LogP contribution in [0.1, 0.15) is 10.4 Å². The van der Waals surface area contributed by atoms with Crippen LogP contribution in [0.4, 0.5) is 4.39 Å². The lowest BCUT2D eigenvalue weighted by molar-refractivity contribution is 0.0600. The summed E-state index contributed by atoms with van der Waals surface area (Å²) in [4.78, 5) is 15.2. The summed E-state index contributed by atoms with van der Waals surface area (Å²) in [6.07, 6.45) is 2.55. The van der Waals surface area contributed by atoms with Crippen LogP contribution < -0.4 is 0 Å². The molecule has 0 radical (unpaired) electrons. The Kier molecular flexibility index (Phi) is 3.01. The van der Waals surface area contributed by atoms with Gasteiger partial charge in [-0.1, -0.05) is 0 Å². The number of rotatable bonds is 2. The van der Waals surface area contributed by atoms with E-state index < -0.39 is 11.8 Å². The van der Waals surface area contributed by atoms with Gasteiger partial charge in [0.2, 0.25) is 0 Å². The zero-order valence-electron chi connectivity index (χ0n) is 9.85. The van der Waals surface area contributed by atoms with Crippen molar-refractivity contribution in [1.82, 2.24) is 9.55 Å². The molecule has 0 atom stereocenters. The second-order valence-corrected chi connectivity index (χ2v) is 3.74. The summed E-state index contributed by atoms with van der Waals surface area (Å²) in [7, 11) is 2.97. The molecule has 0 aromatic carbocycles. The molecule has 2 aromatic heterocycles. The largest absolute Gasteiger partial charge is 0.505 e. The molecular weight excluding hydrogens is 239 g/mol. The second kappa shape index (κ2) is 4.48. The van der Waals surface area contributed by atoms with Gasteiger partial charge in [0.1, 0.15) is 17.3 Å². The number of aromatic nitrogens is 2. The average molecular weight is 250 g/mol. The maximum absolute atomic E-state index is 12.8. The number of aromatic hydroxyl groups is 1. The quantitative estimate of drug-likeness (QED) is 0.824. The topological polar surface area (TPSA) is 64.3 Å². The molecular formula is C12H11FN2O3. The molecule has 0 unspecified atom stereocenters. The first kappa shape index (κ1) is 12.1. The maximum atomic E-state index is 12.8. The van der Waals surface area contributed by atoms with E-state index in [2.05, 4.69) is 9.72 Å². The van der Waals surface area contributed by atoms with Crippen LogP contribution in [0.3, 0.4) is 0 Å². The Morgan fingerprint density at radius 2 is 2.22 bits per heavy atom. The third-order valence-electron chi connectivity index (χ3n) is 2.50. The third-order valence-corrected chi connectivity index (χ3v) is 2.50. The fourth-order valence-electron chi connectivity index (χ4n) is 1.66. The highest BCUT2D eigenvalue weighted by molar-refractivity contribution is 5.91. The SMILES string of the molecule is COC(=O)c1cc(-c2ncc(F)cc2O)n(C)c1. The van der Waals surface area contributed by atoms with Crippen molar-refractivity contribution in [3.05, 3.63) is 35.9 Å². The van der Waals surface area contributed by atoms with Gasteiger partial charge in [0.05, 0.1) is 24.6 Å². The van der Waals surface area contributed by atoms with E-state index in [-0.39, 0.29) is 11.4 Å². The fraction of sp³-hybridized carbons (Fsp3) is 0.167. The molecule has 2 rings (SSSR count). The first-order valence-corrected chi connectivity index (χ1v) is 5.12. The van der Waals surface area contributed by atoms with E-state index in [4.69, 9.17) is 0 Å². The molecule has 18 heavy (non-hydrogen) atoms. The van der Waals surface area contributed by atoms with Crippen LogP contribution >= 0.6 is 0 Å². The lowest BCUT2D eigenvalue weighted by atomic mass is 10.2. The van der Waals surface area contributed by atoms with Gasteiger partial charge < -0.3 is 14.4 Å². The number of ether oxygens (including phenoxy) is 1. The monoisotopic (exact) mass is 250 g/mol. The molecule has 6 heteroatoms. The van der Waals surface area contributed by atoms with E-state index >= 15 is 0 Å². The highest BCUT2D eigenvalue weighted by Gasteiger charge is 2.15. The summed E-state index contributed by atoms with van der Waals surface area (Å²) >= 11 is 0. The summed E-state index contributed by atoms with van der Waals surface area (Å²) in [6.45, 7) is 0. The number of hydrogen-bond acceptors (Lipinski definition) is 4. The Bertz CT molecular complexity index is 607. The van der Waals surface area contributed by atoms with Crippen LogP contribution in [0, 0.1) is 5.82 Å². The van der Waals surface area contributed by atoms with Gasteiger partial charge in [0, 0.05) is 19.3 Å². The van der Waals surface area contributed by atoms with Crippen molar-refractivity contribution in [3.63, 3.8) is 0 Å². The van der Waals surface area contributed by atoms with Gasteiger partial charge in [0.25, 0.3) is 0 Å². The van der Waals surface area contributed by atoms with Crippen molar-refractivity contribution in [2.75, 3.05) is 7.11 Å².